The topological polar surface area (TPSA) is 42.6 Å². The fraction of sp³-hybridized carbons (Fsp3) is 0.556. The Hall–Kier alpha value is -0.480. The second-order valence-corrected chi connectivity index (χ2v) is 4.52. The van der Waals surface area contributed by atoms with E-state index >= 15 is 0 Å². The van der Waals surface area contributed by atoms with Gasteiger partial charge in [-0.05, 0) is 22.0 Å². The first-order chi connectivity index (χ1) is 6.05. The first-order valence-corrected chi connectivity index (χ1v) is 4.81. The lowest BCUT2D eigenvalue weighted by atomic mass is 9.97. The van der Waals surface area contributed by atoms with Gasteiger partial charge < -0.3 is 14.3 Å². The summed E-state index contributed by atoms with van der Waals surface area (Å²) in [7, 11) is 0. The van der Waals surface area contributed by atoms with Crippen LogP contribution in [0.2, 0.25) is 0 Å². The molecule has 0 bridgehead atoms. The van der Waals surface area contributed by atoms with E-state index in [4.69, 9.17) is 14.3 Å². The van der Waals surface area contributed by atoms with Gasteiger partial charge in [-0.15, -0.1) is 0 Å². The normalized spacial score (nSPS) is 11.7. The molecule has 1 heterocycles. The Balaban J connectivity index is 2.48. The zero-order valence-electron chi connectivity index (χ0n) is 7.71. The van der Waals surface area contributed by atoms with Crippen molar-refractivity contribution < 1.29 is 14.3 Å². The van der Waals surface area contributed by atoms with Crippen LogP contribution in [0.3, 0.4) is 0 Å². The third kappa shape index (κ3) is 3.04. The van der Waals surface area contributed by atoms with Crippen molar-refractivity contribution in [2.75, 3.05) is 13.2 Å². The highest BCUT2D eigenvalue weighted by Gasteiger charge is 2.18. The van der Waals surface area contributed by atoms with Gasteiger partial charge in [0.25, 0.3) is 5.95 Å². The summed E-state index contributed by atoms with van der Waals surface area (Å²) in [6.45, 7) is 4.36. The zero-order valence-corrected chi connectivity index (χ0v) is 9.30. The van der Waals surface area contributed by atoms with Crippen molar-refractivity contribution in [3.8, 4) is 5.95 Å². The Morgan fingerprint density at radius 3 is 2.77 bits per heavy atom. The lowest BCUT2D eigenvalue weighted by Gasteiger charge is -2.20. The average molecular weight is 249 g/mol. The minimum absolute atomic E-state index is 0.0886. The molecular formula is C9H13BrO3. The summed E-state index contributed by atoms with van der Waals surface area (Å²) in [5.74, 6) is 0.460. The van der Waals surface area contributed by atoms with Crippen LogP contribution in [0, 0.1) is 5.41 Å². The molecule has 0 aromatic carbocycles. The van der Waals surface area contributed by atoms with Crippen molar-refractivity contribution in [3.63, 3.8) is 0 Å². The molecule has 1 N–H and O–H groups in total. The number of rotatable bonds is 4. The molecule has 0 amide bonds. The largest absolute Gasteiger partial charge is 0.464 e. The van der Waals surface area contributed by atoms with Crippen LogP contribution in [0.4, 0.5) is 0 Å². The minimum atomic E-state index is -0.244. The summed E-state index contributed by atoms with van der Waals surface area (Å²) in [5.41, 5.74) is -0.244. The molecule has 0 aliphatic carbocycles. The Morgan fingerprint density at radius 1 is 1.62 bits per heavy atom. The summed E-state index contributed by atoms with van der Waals surface area (Å²) in [4.78, 5) is 0. The number of halogens is 1. The maximum Gasteiger partial charge on any atom is 0.299 e. The lowest BCUT2D eigenvalue weighted by Crippen LogP contribution is -2.25. The Kier molecular flexibility index (Phi) is 3.39. The first kappa shape index (κ1) is 10.6. The molecule has 0 aliphatic heterocycles. The number of furan rings is 1. The van der Waals surface area contributed by atoms with E-state index in [0.717, 1.165) is 4.47 Å². The molecule has 0 saturated carbocycles. The third-order valence-electron chi connectivity index (χ3n) is 1.61. The fourth-order valence-corrected chi connectivity index (χ4v) is 1.01. The fourth-order valence-electron chi connectivity index (χ4n) is 0.689. The number of hydrogen-bond donors (Lipinski definition) is 1. The Morgan fingerprint density at radius 2 is 2.31 bits per heavy atom. The van der Waals surface area contributed by atoms with E-state index in [9.17, 15) is 0 Å². The second kappa shape index (κ2) is 4.15. The molecule has 0 radical (unpaired) electrons. The van der Waals surface area contributed by atoms with E-state index in [-0.39, 0.29) is 12.0 Å². The summed E-state index contributed by atoms with van der Waals surface area (Å²) < 4.78 is 11.2. The molecule has 0 saturated heterocycles. The lowest BCUT2D eigenvalue weighted by molar-refractivity contribution is 0.0832. The van der Waals surface area contributed by atoms with Crippen molar-refractivity contribution >= 4 is 15.9 Å². The van der Waals surface area contributed by atoms with Crippen molar-refractivity contribution in [1.82, 2.24) is 0 Å². The quantitative estimate of drug-likeness (QED) is 0.891. The molecule has 1 aromatic heterocycles. The minimum Gasteiger partial charge on any atom is -0.464 e. The van der Waals surface area contributed by atoms with Crippen LogP contribution >= 0.6 is 15.9 Å². The molecule has 3 nitrogen and oxygen atoms in total. The SMILES string of the molecule is CC(C)(CO)COc1occc1Br. The van der Waals surface area contributed by atoms with Crippen molar-refractivity contribution in [3.05, 3.63) is 16.8 Å². The van der Waals surface area contributed by atoms with Gasteiger partial charge >= 0.3 is 0 Å². The van der Waals surface area contributed by atoms with Crippen LogP contribution < -0.4 is 4.74 Å². The Bertz CT molecular complexity index is 268. The van der Waals surface area contributed by atoms with Crippen LogP contribution in [0.1, 0.15) is 13.8 Å². The summed E-state index contributed by atoms with van der Waals surface area (Å²) in [6.07, 6.45) is 1.55. The van der Waals surface area contributed by atoms with E-state index in [1.807, 2.05) is 13.8 Å². The highest BCUT2D eigenvalue weighted by atomic mass is 79.9. The summed E-state index contributed by atoms with van der Waals surface area (Å²) >= 11 is 3.27. The molecular weight excluding hydrogens is 236 g/mol. The monoisotopic (exact) mass is 248 g/mol. The van der Waals surface area contributed by atoms with Gasteiger partial charge in [-0.3, -0.25) is 0 Å². The standard InChI is InChI=1S/C9H13BrO3/c1-9(2,5-11)6-13-8-7(10)3-4-12-8/h3-4,11H,5-6H2,1-2H3. The molecule has 4 heteroatoms. The zero-order chi connectivity index (χ0) is 9.90. The van der Waals surface area contributed by atoms with Crippen LogP contribution in [-0.4, -0.2) is 18.3 Å². The predicted molar refractivity (Wildman–Crippen MR) is 52.8 cm³/mol. The maximum absolute atomic E-state index is 8.97. The van der Waals surface area contributed by atoms with E-state index < -0.39 is 0 Å². The first-order valence-electron chi connectivity index (χ1n) is 4.02. The van der Waals surface area contributed by atoms with E-state index in [2.05, 4.69) is 15.9 Å². The molecule has 0 unspecified atom stereocenters. The molecule has 13 heavy (non-hydrogen) atoms. The van der Waals surface area contributed by atoms with E-state index in [0.29, 0.717) is 12.6 Å². The highest BCUT2D eigenvalue weighted by molar-refractivity contribution is 9.10. The third-order valence-corrected chi connectivity index (χ3v) is 2.19. The second-order valence-electron chi connectivity index (χ2n) is 3.67. The molecule has 1 rings (SSSR count). The van der Waals surface area contributed by atoms with Crippen LogP contribution in [0.15, 0.2) is 21.2 Å². The summed E-state index contributed by atoms with van der Waals surface area (Å²) in [6, 6.07) is 1.77. The van der Waals surface area contributed by atoms with Crippen molar-refractivity contribution in [2.45, 2.75) is 13.8 Å². The number of hydrogen-bond acceptors (Lipinski definition) is 3. The summed E-state index contributed by atoms with van der Waals surface area (Å²) in [5, 5.41) is 8.97. The highest BCUT2D eigenvalue weighted by Crippen LogP contribution is 2.27. The number of aliphatic hydroxyl groups excluding tert-OH is 1. The average Bonchev–Trinajstić information content (AvgIpc) is 2.48. The van der Waals surface area contributed by atoms with Gasteiger partial charge in [-0.1, -0.05) is 13.8 Å². The van der Waals surface area contributed by atoms with Crippen molar-refractivity contribution in [1.29, 1.82) is 0 Å². The molecule has 0 fully saturated rings. The van der Waals surface area contributed by atoms with Gasteiger partial charge in [0.05, 0.1) is 19.5 Å². The molecule has 1 aromatic rings. The van der Waals surface area contributed by atoms with Gasteiger partial charge in [0, 0.05) is 5.41 Å². The van der Waals surface area contributed by atoms with E-state index in [1.54, 1.807) is 12.3 Å². The molecule has 74 valence electrons. The number of aliphatic hydroxyl groups is 1. The predicted octanol–water partition coefficient (Wildman–Crippen LogP) is 2.44. The van der Waals surface area contributed by atoms with Gasteiger partial charge in [-0.2, -0.15) is 0 Å². The molecule has 0 spiro atoms. The van der Waals surface area contributed by atoms with Gasteiger partial charge in [0.15, 0.2) is 0 Å². The smallest absolute Gasteiger partial charge is 0.299 e. The van der Waals surface area contributed by atoms with E-state index in [1.165, 1.54) is 0 Å². The Labute approximate surface area is 85.8 Å². The van der Waals surface area contributed by atoms with Crippen LogP contribution in [0.25, 0.3) is 0 Å². The molecule has 0 atom stereocenters. The van der Waals surface area contributed by atoms with Gasteiger partial charge in [0.1, 0.15) is 4.47 Å². The van der Waals surface area contributed by atoms with Crippen LogP contribution in [-0.2, 0) is 0 Å². The van der Waals surface area contributed by atoms with Gasteiger partial charge in [-0.25, -0.2) is 0 Å². The van der Waals surface area contributed by atoms with Gasteiger partial charge in [0.2, 0.25) is 0 Å². The van der Waals surface area contributed by atoms with Crippen molar-refractivity contribution in [2.24, 2.45) is 5.41 Å². The molecule has 0 aliphatic rings. The number of ether oxygens (including phenoxy) is 1. The maximum atomic E-state index is 8.97. The van der Waals surface area contributed by atoms with Crippen LogP contribution in [0.5, 0.6) is 5.95 Å².